The summed E-state index contributed by atoms with van der Waals surface area (Å²) in [4.78, 5) is 11.7. The van der Waals surface area contributed by atoms with Crippen molar-refractivity contribution in [2.45, 2.75) is 53.4 Å². The molecule has 0 unspecified atom stereocenters. The van der Waals surface area contributed by atoms with Gasteiger partial charge in [0.1, 0.15) is 0 Å². The second kappa shape index (κ2) is 4.71. The molecular formula is C16H26O2. The molecule has 2 aliphatic carbocycles. The Morgan fingerprint density at radius 2 is 2.11 bits per heavy atom. The van der Waals surface area contributed by atoms with E-state index in [1.807, 2.05) is 6.92 Å². The van der Waals surface area contributed by atoms with Crippen molar-refractivity contribution in [3.63, 3.8) is 0 Å². The number of rotatable bonds is 2. The van der Waals surface area contributed by atoms with Crippen molar-refractivity contribution in [3.05, 3.63) is 11.6 Å². The van der Waals surface area contributed by atoms with Crippen LogP contribution in [0.15, 0.2) is 11.6 Å². The van der Waals surface area contributed by atoms with Crippen molar-refractivity contribution < 1.29 is 9.90 Å². The zero-order valence-electron chi connectivity index (χ0n) is 12.1. The molecule has 0 heterocycles. The van der Waals surface area contributed by atoms with Crippen molar-refractivity contribution >= 4 is 5.97 Å². The maximum absolute atomic E-state index is 11.7. The summed E-state index contributed by atoms with van der Waals surface area (Å²) >= 11 is 0. The van der Waals surface area contributed by atoms with Crippen LogP contribution in [0.2, 0.25) is 0 Å². The van der Waals surface area contributed by atoms with Crippen molar-refractivity contribution in [1.82, 2.24) is 0 Å². The average molecular weight is 250 g/mol. The maximum Gasteiger partial charge on any atom is 0.309 e. The Morgan fingerprint density at radius 1 is 1.44 bits per heavy atom. The van der Waals surface area contributed by atoms with Crippen molar-refractivity contribution in [2.75, 3.05) is 0 Å². The Bertz CT molecular complexity index is 369. The van der Waals surface area contributed by atoms with Crippen LogP contribution in [-0.4, -0.2) is 11.1 Å². The number of fused-ring (bicyclic) bond motifs is 1. The number of allylic oxidation sites excluding steroid dienone is 2. The fourth-order valence-electron chi connectivity index (χ4n) is 4.16. The van der Waals surface area contributed by atoms with Gasteiger partial charge in [-0.25, -0.2) is 0 Å². The summed E-state index contributed by atoms with van der Waals surface area (Å²) in [6, 6.07) is 0. The summed E-state index contributed by atoms with van der Waals surface area (Å²) in [5.41, 5.74) is 0.948. The van der Waals surface area contributed by atoms with Crippen LogP contribution in [0.25, 0.3) is 0 Å². The third-order valence-corrected chi connectivity index (χ3v) is 5.45. The molecule has 0 bridgehead atoms. The van der Waals surface area contributed by atoms with Crippen LogP contribution in [0.4, 0.5) is 0 Å². The monoisotopic (exact) mass is 250 g/mol. The lowest BCUT2D eigenvalue weighted by molar-refractivity contribution is -0.157. The summed E-state index contributed by atoms with van der Waals surface area (Å²) in [6.07, 6.45) is 6.43. The second-order valence-corrected chi connectivity index (χ2v) is 6.90. The van der Waals surface area contributed by atoms with Gasteiger partial charge in [0.25, 0.3) is 0 Å². The Kier molecular flexibility index (Phi) is 3.57. The molecule has 4 atom stereocenters. The third kappa shape index (κ3) is 2.10. The highest BCUT2D eigenvalue weighted by Crippen LogP contribution is 2.53. The quantitative estimate of drug-likeness (QED) is 0.749. The van der Waals surface area contributed by atoms with Crippen LogP contribution in [0, 0.1) is 29.1 Å². The van der Waals surface area contributed by atoms with E-state index in [0.29, 0.717) is 23.7 Å². The van der Waals surface area contributed by atoms with E-state index in [0.717, 1.165) is 25.7 Å². The lowest BCUT2D eigenvalue weighted by atomic mass is 9.54. The maximum atomic E-state index is 11.7. The zero-order valence-corrected chi connectivity index (χ0v) is 12.1. The molecule has 2 heteroatoms. The highest BCUT2D eigenvalue weighted by molar-refractivity contribution is 5.75. The number of carboxylic acids is 1. The van der Waals surface area contributed by atoms with Crippen LogP contribution in [0.3, 0.4) is 0 Å². The highest BCUT2D eigenvalue weighted by atomic mass is 16.4. The van der Waals surface area contributed by atoms with E-state index < -0.39 is 11.4 Å². The minimum Gasteiger partial charge on any atom is -0.481 e. The summed E-state index contributed by atoms with van der Waals surface area (Å²) in [5.74, 6) is 1.54. The van der Waals surface area contributed by atoms with Gasteiger partial charge >= 0.3 is 5.97 Å². The first-order chi connectivity index (χ1) is 8.36. The lowest BCUT2D eigenvalue weighted by Gasteiger charge is -2.49. The molecule has 2 aliphatic rings. The Hall–Kier alpha value is -0.790. The van der Waals surface area contributed by atoms with Gasteiger partial charge in [-0.3, -0.25) is 4.79 Å². The molecule has 0 radical (unpaired) electrons. The van der Waals surface area contributed by atoms with Gasteiger partial charge < -0.3 is 5.11 Å². The van der Waals surface area contributed by atoms with Crippen LogP contribution in [-0.2, 0) is 4.79 Å². The fourth-order valence-corrected chi connectivity index (χ4v) is 4.16. The first-order valence-electron chi connectivity index (χ1n) is 7.27. The van der Waals surface area contributed by atoms with Gasteiger partial charge in [0.15, 0.2) is 0 Å². The van der Waals surface area contributed by atoms with E-state index >= 15 is 0 Å². The van der Waals surface area contributed by atoms with E-state index in [-0.39, 0.29) is 0 Å². The number of aliphatic carboxylic acids is 1. The topological polar surface area (TPSA) is 37.3 Å². The standard InChI is InChI=1S/C16H26O2/c1-10(2)12-7-8-16(4,15(17)18)14-6-5-11(3)9-13(12)14/h9-10,12-14H,5-8H2,1-4H3,(H,17,18)/t12-,13-,14+,16+/m1/s1. The van der Waals surface area contributed by atoms with Gasteiger partial charge in [-0.2, -0.15) is 0 Å². The zero-order chi connectivity index (χ0) is 13.5. The van der Waals surface area contributed by atoms with Crippen molar-refractivity contribution in [3.8, 4) is 0 Å². The largest absolute Gasteiger partial charge is 0.481 e. The first-order valence-corrected chi connectivity index (χ1v) is 7.27. The lowest BCUT2D eigenvalue weighted by Crippen LogP contribution is -2.47. The number of carbonyl (C=O) groups is 1. The smallest absolute Gasteiger partial charge is 0.309 e. The molecule has 1 saturated carbocycles. The molecule has 1 N–H and O–H groups in total. The number of hydrogen-bond donors (Lipinski definition) is 1. The molecule has 0 amide bonds. The van der Waals surface area contributed by atoms with Crippen LogP contribution in [0.5, 0.6) is 0 Å². The molecule has 0 saturated heterocycles. The van der Waals surface area contributed by atoms with Gasteiger partial charge in [0, 0.05) is 0 Å². The Morgan fingerprint density at radius 3 is 2.67 bits per heavy atom. The molecule has 0 aromatic heterocycles. The number of hydrogen-bond acceptors (Lipinski definition) is 1. The van der Waals surface area contributed by atoms with Crippen molar-refractivity contribution in [1.29, 1.82) is 0 Å². The Labute approximate surface area is 110 Å². The molecular weight excluding hydrogens is 224 g/mol. The van der Waals surface area contributed by atoms with Crippen LogP contribution < -0.4 is 0 Å². The predicted octanol–water partition coefficient (Wildman–Crippen LogP) is 4.12. The van der Waals surface area contributed by atoms with Gasteiger partial charge in [-0.05, 0) is 63.2 Å². The summed E-state index contributed by atoms with van der Waals surface area (Å²) in [5, 5.41) is 9.61. The Balaban J connectivity index is 2.35. The minimum atomic E-state index is -0.590. The molecule has 0 aromatic carbocycles. The molecule has 102 valence electrons. The van der Waals surface area contributed by atoms with E-state index in [1.165, 1.54) is 5.57 Å². The average Bonchev–Trinajstić information content (AvgIpc) is 2.28. The van der Waals surface area contributed by atoms with Crippen molar-refractivity contribution in [2.24, 2.45) is 29.1 Å². The van der Waals surface area contributed by atoms with E-state index in [2.05, 4.69) is 26.8 Å². The molecule has 0 aromatic rings. The molecule has 0 spiro atoms. The normalized spacial score (nSPS) is 40.3. The fraction of sp³-hybridized carbons (Fsp3) is 0.812. The first kappa shape index (κ1) is 13.6. The molecule has 1 fully saturated rings. The van der Waals surface area contributed by atoms with E-state index in [1.54, 1.807) is 0 Å². The van der Waals surface area contributed by atoms with Gasteiger partial charge in [0.2, 0.25) is 0 Å². The third-order valence-electron chi connectivity index (χ3n) is 5.45. The highest BCUT2D eigenvalue weighted by Gasteiger charge is 2.51. The van der Waals surface area contributed by atoms with E-state index in [9.17, 15) is 9.90 Å². The van der Waals surface area contributed by atoms with Gasteiger partial charge in [-0.1, -0.05) is 25.5 Å². The summed E-state index contributed by atoms with van der Waals surface area (Å²) < 4.78 is 0. The molecule has 0 aliphatic heterocycles. The summed E-state index contributed by atoms with van der Waals surface area (Å²) in [6.45, 7) is 8.73. The van der Waals surface area contributed by atoms with Gasteiger partial charge in [0.05, 0.1) is 5.41 Å². The molecule has 2 nitrogen and oxygen atoms in total. The summed E-state index contributed by atoms with van der Waals surface area (Å²) in [7, 11) is 0. The van der Waals surface area contributed by atoms with Crippen LogP contribution in [0.1, 0.15) is 53.4 Å². The SMILES string of the molecule is CC1=C[C@@H]2[C@@H](C(C)C)CC[C@](C)(C(=O)O)[C@H]2CC1. The molecule has 18 heavy (non-hydrogen) atoms. The van der Waals surface area contributed by atoms with Gasteiger partial charge in [-0.15, -0.1) is 0 Å². The minimum absolute atomic E-state index is 0.333. The predicted molar refractivity (Wildman–Crippen MR) is 73.3 cm³/mol. The number of carboxylic acid groups (broad SMARTS) is 1. The second-order valence-electron chi connectivity index (χ2n) is 6.90. The van der Waals surface area contributed by atoms with E-state index in [4.69, 9.17) is 0 Å². The van der Waals surface area contributed by atoms with Crippen LogP contribution >= 0.6 is 0 Å². The molecule has 2 rings (SSSR count).